The summed E-state index contributed by atoms with van der Waals surface area (Å²) in [6.45, 7) is 4.51. The Labute approximate surface area is 106 Å². The van der Waals surface area contributed by atoms with Crippen LogP contribution < -0.4 is 0 Å². The summed E-state index contributed by atoms with van der Waals surface area (Å²) in [6.07, 6.45) is 2.46. The molecule has 0 aliphatic carbocycles. The van der Waals surface area contributed by atoms with Gasteiger partial charge in [-0.2, -0.15) is 0 Å². The fraction of sp³-hybridized carbons (Fsp3) is 0.667. The van der Waals surface area contributed by atoms with Crippen molar-refractivity contribution in [1.82, 2.24) is 4.90 Å². The molecule has 0 saturated carbocycles. The Morgan fingerprint density at radius 1 is 1.56 bits per heavy atom. The number of thiophene rings is 1. The number of aliphatic hydroxyl groups excluding tert-OH is 1. The quantitative estimate of drug-likeness (QED) is 0.902. The Morgan fingerprint density at radius 2 is 2.38 bits per heavy atom. The van der Waals surface area contributed by atoms with E-state index in [9.17, 15) is 5.11 Å². The van der Waals surface area contributed by atoms with Crippen molar-refractivity contribution in [2.75, 3.05) is 13.2 Å². The van der Waals surface area contributed by atoms with Crippen LogP contribution in [-0.2, 0) is 6.54 Å². The van der Waals surface area contributed by atoms with Gasteiger partial charge in [0.05, 0.1) is 10.9 Å². The maximum atomic E-state index is 9.45. The Hall–Kier alpha value is -0.0900. The number of aliphatic hydroxyl groups is 1. The van der Waals surface area contributed by atoms with Crippen LogP contribution in [-0.4, -0.2) is 29.2 Å². The molecule has 1 aromatic rings. The third kappa shape index (κ3) is 2.77. The Balaban J connectivity index is 2.02. The van der Waals surface area contributed by atoms with Crippen molar-refractivity contribution < 1.29 is 5.11 Å². The second-order valence-electron chi connectivity index (χ2n) is 4.55. The van der Waals surface area contributed by atoms with Gasteiger partial charge >= 0.3 is 0 Å². The van der Waals surface area contributed by atoms with Gasteiger partial charge in [-0.3, -0.25) is 4.90 Å². The first-order chi connectivity index (χ1) is 7.70. The van der Waals surface area contributed by atoms with Gasteiger partial charge in [-0.25, -0.2) is 0 Å². The van der Waals surface area contributed by atoms with Crippen molar-refractivity contribution >= 4 is 22.9 Å². The number of rotatable bonds is 3. The summed E-state index contributed by atoms with van der Waals surface area (Å²) in [5, 5.41) is 9.45. The molecule has 1 N–H and O–H groups in total. The average Bonchev–Trinajstić information content (AvgIpc) is 2.64. The fourth-order valence-corrected chi connectivity index (χ4v) is 3.58. The van der Waals surface area contributed by atoms with Crippen LogP contribution in [0.15, 0.2) is 12.1 Å². The lowest BCUT2D eigenvalue weighted by Crippen LogP contribution is -2.45. The van der Waals surface area contributed by atoms with E-state index >= 15 is 0 Å². The van der Waals surface area contributed by atoms with Gasteiger partial charge in [0.15, 0.2) is 0 Å². The molecule has 1 aliphatic rings. The highest BCUT2D eigenvalue weighted by Gasteiger charge is 2.27. The second kappa shape index (κ2) is 5.50. The molecule has 16 heavy (non-hydrogen) atoms. The number of likely N-dealkylation sites (tertiary alicyclic amines) is 1. The highest BCUT2D eigenvalue weighted by atomic mass is 35.5. The molecule has 90 valence electrons. The molecule has 4 heteroatoms. The maximum absolute atomic E-state index is 9.45. The third-order valence-electron chi connectivity index (χ3n) is 3.41. The molecule has 0 radical (unpaired) electrons. The zero-order valence-corrected chi connectivity index (χ0v) is 11.1. The number of nitrogens with zero attached hydrogens (tertiary/aromatic N) is 1. The molecule has 2 rings (SSSR count). The van der Waals surface area contributed by atoms with Gasteiger partial charge in [-0.15, -0.1) is 11.3 Å². The van der Waals surface area contributed by atoms with Gasteiger partial charge in [-0.1, -0.05) is 18.5 Å². The van der Waals surface area contributed by atoms with Crippen molar-refractivity contribution in [2.24, 2.45) is 5.92 Å². The molecule has 1 aliphatic heterocycles. The molecular formula is C12H18ClNOS. The van der Waals surface area contributed by atoms with Crippen LogP contribution in [0.4, 0.5) is 0 Å². The molecule has 2 atom stereocenters. The van der Waals surface area contributed by atoms with Crippen molar-refractivity contribution in [1.29, 1.82) is 0 Å². The van der Waals surface area contributed by atoms with Crippen LogP contribution in [0.3, 0.4) is 0 Å². The van der Waals surface area contributed by atoms with E-state index in [1.165, 1.54) is 17.7 Å². The summed E-state index contributed by atoms with van der Waals surface area (Å²) < 4.78 is 0.848. The SMILES string of the molecule is CC1CCCN(Cc2ccc(Cl)s2)C1CO. The summed E-state index contributed by atoms with van der Waals surface area (Å²) in [5.41, 5.74) is 0. The molecule has 0 aromatic carbocycles. The monoisotopic (exact) mass is 259 g/mol. The van der Waals surface area contributed by atoms with E-state index in [2.05, 4.69) is 17.9 Å². The van der Waals surface area contributed by atoms with E-state index in [1.807, 2.05) is 6.07 Å². The zero-order chi connectivity index (χ0) is 11.5. The largest absolute Gasteiger partial charge is 0.395 e. The van der Waals surface area contributed by atoms with Crippen LogP contribution >= 0.6 is 22.9 Å². The first-order valence-electron chi connectivity index (χ1n) is 5.80. The van der Waals surface area contributed by atoms with Crippen molar-refractivity contribution in [3.05, 3.63) is 21.3 Å². The summed E-state index contributed by atoms with van der Waals surface area (Å²) in [4.78, 5) is 3.67. The lowest BCUT2D eigenvalue weighted by Gasteiger charge is -2.38. The van der Waals surface area contributed by atoms with E-state index in [0.29, 0.717) is 12.0 Å². The normalized spacial score (nSPS) is 27.2. The van der Waals surface area contributed by atoms with Gasteiger partial charge in [-0.05, 0) is 37.4 Å². The lowest BCUT2D eigenvalue weighted by molar-refractivity contribution is 0.0480. The van der Waals surface area contributed by atoms with E-state index < -0.39 is 0 Å². The summed E-state index contributed by atoms with van der Waals surface area (Å²) in [5.74, 6) is 0.592. The molecule has 2 nitrogen and oxygen atoms in total. The molecular weight excluding hydrogens is 242 g/mol. The highest BCUT2D eigenvalue weighted by Crippen LogP contribution is 2.28. The van der Waals surface area contributed by atoms with Crippen molar-refractivity contribution in [2.45, 2.75) is 32.4 Å². The second-order valence-corrected chi connectivity index (χ2v) is 6.35. The Bertz CT molecular complexity index is 342. The minimum Gasteiger partial charge on any atom is -0.395 e. The summed E-state index contributed by atoms with van der Waals surface area (Å²) in [7, 11) is 0. The molecule has 2 heterocycles. The molecule has 0 bridgehead atoms. The predicted octanol–water partition coefficient (Wildman–Crippen LogP) is 2.99. The van der Waals surface area contributed by atoms with E-state index in [0.717, 1.165) is 17.4 Å². The predicted molar refractivity (Wildman–Crippen MR) is 69.0 cm³/mol. The maximum Gasteiger partial charge on any atom is 0.0931 e. The Kier molecular flexibility index (Phi) is 4.25. The van der Waals surface area contributed by atoms with Gasteiger partial charge in [0.1, 0.15) is 0 Å². The van der Waals surface area contributed by atoms with Crippen molar-refractivity contribution in [3.63, 3.8) is 0 Å². The number of halogens is 1. The number of hydrogen-bond donors (Lipinski definition) is 1. The highest BCUT2D eigenvalue weighted by molar-refractivity contribution is 7.16. The average molecular weight is 260 g/mol. The Morgan fingerprint density at radius 3 is 3.00 bits per heavy atom. The number of piperidine rings is 1. The molecule has 0 spiro atoms. The number of hydrogen-bond acceptors (Lipinski definition) is 3. The van der Waals surface area contributed by atoms with Gasteiger partial charge in [0.2, 0.25) is 0 Å². The molecule has 1 saturated heterocycles. The summed E-state index contributed by atoms with van der Waals surface area (Å²) in [6, 6.07) is 4.35. The smallest absolute Gasteiger partial charge is 0.0931 e. The molecule has 2 unspecified atom stereocenters. The van der Waals surface area contributed by atoms with Crippen LogP contribution in [0.5, 0.6) is 0 Å². The van der Waals surface area contributed by atoms with Gasteiger partial charge in [0.25, 0.3) is 0 Å². The first kappa shape index (κ1) is 12.4. The molecule has 1 aromatic heterocycles. The van der Waals surface area contributed by atoms with Crippen LogP contribution in [0.1, 0.15) is 24.6 Å². The minimum absolute atomic E-state index is 0.264. The summed E-state index contributed by atoms with van der Waals surface area (Å²) >= 11 is 7.56. The lowest BCUT2D eigenvalue weighted by atomic mass is 9.91. The van der Waals surface area contributed by atoms with E-state index in [-0.39, 0.29) is 6.61 Å². The van der Waals surface area contributed by atoms with Crippen LogP contribution in [0.25, 0.3) is 0 Å². The zero-order valence-electron chi connectivity index (χ0n) is 9.53. The topological polar surface area (TPSA) is 23.5 Å². The van der Waals surface area contributed by atoms with Crippen LogP contribution in [0, 0.1) is 5.92 Å². The van der Waals surface area contributed by atoms with E-state index in [1.54, 1.807) is 11.3 Å². The van der Waals surface area contributed by atoms with E-state index in [4.69, 9.17) is 11.6 Å². The van der Waals surface area contributed by atoms with Crippen molar-refractivity contribution in [3.8, 4) is 0 Å². The van der Waals surface area contributed by atoms with Crippen LogP contribution in [0.2, 0.25) is 4.34 Å². The van der Waals surface area contributed by atoms with Gasteiger partial charge in [0, 0.05) is 17.5 Å². The molecule has 0 amide bonds. The molecule has 1 fully saturated rings. The fourth-order valence-electron chi connectivity index (χ4n) is 2.46. The standard InChI is InChI=1S/C12H18ClNOS/c1-9-3-2-6-14(11(9)8-15)7-10-4-5-12(13)16-10/h4-5,9,11,15H,2-3,6-8H2,1H3. The minimum atomic E-state index is 0.264. The third-order valence-corrected chi connectivity index (χ3v) is 4.62. The van der Waals surface area contributed by atoms with Gasteiger partial charge < -0.3 is 5.11 Å². The first-order valence-corrected chi connectivity index (χ1v) is 6.99.